The minimum atomic E-state index is 0.0386. The van der Waals surface area contributed by atoms with E-state index in [0.29, 0.717) is 5.02 Å². The summed E-state index contributed by atoms with van der Waals surface area (Å²) in [7, 11) is 0. The molecule has 1 aromatic heterocycles. The quantitative estimate of drug-likeness (QED) is 0.585. The summed E-state index contributed by atoms with van der Waals surface area (Å²) in [6.07, 6.45) is 5.47. The van der Waals surface area contributed by atoms with Crippen molar-refractivity contribution in [1.82, 2.24) is 9.88 Å². The summed E-state index contributed by atoms with van der Waals surface area (Å²) >= 11 is 7.58. The van der Waals surface area contributed by atoms with Gasteiger partial charge in [0.25, 0.3) is 0 Å². The molecule has 1 atom stereocenters. The standard InChI is InChI=1S/C20H17ClN2OS/c21-15-10-7-14(8-11-15)9-12-19(24)23-13-3-5-17(23)20-22-16-4-1-2-6-18(16)25-20/h1-2,4,6-12,17H,3,5,13H2. The second kappa shape index (κ2) is 6.98. The second-order valence-corrected chi connectivity index (χ2v) is 7.59. The molecule has 1 aliphatic rings. The predicted octanol–water partition coefficient (Wildman–Crippen LogP) is 5.33. The molecule has 126 valence electrons. The molecule has 1 aliphatic heterocycles. The van der Waals surface area contributed by atoms with Crippen molar-refractivity contribution < 1.29 is 4.79 Å². The van der Waals surface area contributed by atoms with E-state index in [0.717, 1.165) is 35.5 Å². The maximum atomic E-state index is 12.7. The lowest BCUT2D eigenvalue weighted by atomic mass is 10.2. The maximum Gasteiger partial charge on any atom is 0.247 e. The number of rotatable bonds is 3. The summed E-state index contributed by atoms with van der Waals surface area (Å²) in [5, 5.41) is 1.73. The number of benzene rings is 2. The van der Waals surface area contributed by atoms with E-state index in [1.807, 2.05) is 53.4 Å². The van der Waals surface area contributed by atoms with Crippen molar-refractivity contribution in [2.45, 2.75) is 18.9 Å². The first-order valence-corrected chi connectivity index (χ1v) is 9.50. The van der Waals surface area contributed by atoms with E-state index >= 15 is 0 Å². The number of nitrogens with zero attached hydrogens (tertiary/aromatic N) is 2. The van der Waals surface area contributed by atoms with Crippen LogP contribution in [-0.4, -0.2) is 22.3 Å². The van der Waals surface area contributed by atoms with Crippen LogP contribution in [0.2, 0.25) is 5.02 Å². The van der Waals surface area contributed by atoms with Crippen LogP contribution in [0.15, 0.2) is 54.6 Å². The number of amides is 1. The number of carbonyl (C=O) groups excluding carboxylic acids is 1. The fraction of sp³-hybridized carbons (Fsp3) is 0.200. The van der Waals surface area contributed by atoms with Gasteiger partial charge in [-0.1, -0.05) is 35.9 Å². The first-order valence-electron chi connectivity index (χ1n) is 8.30. The Hall–Kier alpha value is -2.17. The molecule has 0 aliphatic carbocycles. The number of fused-ring (bicyclic) bond motifs is 1. The Kier molecular flexibility index (Phi) is 4.55. The van der Waals surface area contributed by atoms with E-state index in [1.54, 1.807) is 17.4 Å². The number of halogens is 1. The lowest BCUT2D eigenvalue weighted by Gasteiger charge is -2.21. The Morgan fingerprint density at radius 3 is 2.80 bits per heavy atom. The van der Waals surface area contributed by atoms with E-state index in [-0.39, 0.29) is 11.9 Å². The monoisotopic (exact) mass is 368 g/mol. The highest BCUT2D eigenvalue weighted by Crippen LogP contribution is 2.36. The molecule has 3 aromatic rings. The van der Waals surface area contributed by atoms with Crippen LogP contribution in [0.4, 0.5) is 0 Å². The molecule has 0 radical (unpaired) electrons. The van der Waals surface area contributed by atoms with Crippen molar-refractivity contribution in [3.05, 3.63) is 70.2 Å². The average Bonchev–Trinajstić information content (AvgIpc) is 3.27. The number of hydrogen-bond acceptors (Lipinski definition) is 3. The minimum Gasteiger partial charge on any atom is -0.330 e. The highest BCUT2D eigenvalue weighted by atomic mass is 35.5. The summed E-state index contributed by atoms with van der Waals surface area (Å²) in [4.78, 5) is 19.4. The van der Waals surface area contributed by atoms with Crippen LogP contribution in [0.5, 0.6) is 0 Å². The summed E-state index contributed by atoms with van der Waals surface area (Å²) in [5.41, 5.74) is 1.98. The van der Waals surface area contributed by atoms with Gasteiger partial charge in [0.2, 0.25) is 5.91 Å². The molecule has 0 saturated carbocycles. The van der Waals surface area contributed by atoms with Crippen LogP contribution in [0, 0.1) is 0 Å². The predicted molar refractivity (Wildman–Crippen MR) is 104 cm³/mol. The highest BCUT2D eigenvalue weighted by molar-refractivity contribution is 7.18. The summed E-state index contributed by atoms with van der Waals surface area (Å²) in [6, 6.07) is 15.7. The molecule has 1 unspecified atom stereocenters. The SMILES string of the molecule is O=C(C=Cc1ccc(Cl)cc1)N1CCCC1c1nc2ccccc2s1. The number of carbonyl (C=O) groups is 1. The van der Waals surface area contributed by atoms with Crippen LogP contribution < -0.4 is 0 Å². The van der Waals surface area contributed by atoms with Crippen molar-refractivity contribution in [1.29, 1.82) is 0 Å². The Bertz CT molecular complexity index is 899. The number of hydrogen-bond donors (Lipinski definition) is 0. The molecule has 1 amide bonds. The van der Waals surface area contributed by atoms with Crippen molar-refractivity contribution in [2.24, 2.45) is 0 Å². The normalized spacial score (nSPS) is 17.6. The Labute approximate surface area is 155 Å². The molecule has 5 heteroatoms. The molecule has 3 nitrogen and oxygen atoms in total. The second-order valence-electron chi connectivity index (χ2n) is 6.09. The van der Waals surface area contributed by atoms with Gasteiger partial charge in [-0.05, 0) is 48.7 Å². The van der Waals surface area contributed by atoms with Gasteiger partial charge in [-0.3, -0.25) is 4.79 Å². The van der Waals surface area contributed by atoms with Gasteiger partial charge in [-0.15, -0.1) is 11.3 Å². The fourth-order valence-electron chi connectivity index (χ4n) is 3.16. The fourth-order valence-corrected chi connectivity index (χ4v) is 4.40. The highest BCUT2D eigenvalue weighted by Gasteiger charge is 2.31. The zero-order chi connectivity index (χ0) is 17.2. The molecule has 0 N–H and O–H groups in total. The van der Waals surface area contributed by atoms with Crippen LogP contribution in [-0.2, 0) is 4.79 Å². The molecule has 25 heavy (non-hydrogen) atoms. The molecule has 2 aromatic carbocycles. The molecule has 0 bridgehead atoms. The van der Waals surface area contributed by atoms with Gasteiger partial charge >= 0.3 is 0 Å². The molecule has 1 saturated heterocycles. The largest absolute Gasteiger partial charge is 0.330 e. The number of thiazole rings is 1. The van der Waals surface area contributed by atoms with Gasteiger partial charge in [0, 0.05) is 17.6 Å². The van der Waals surface area contributed by atoms with Gasteiger partial charge < -0.3 is 4.90 Å². The zero-order valence-corrected chi connectivity index (χ0v) is 15.1. The molecule has 1 fully saturated rings. The third-order valence-electron chi connectivity index (χ3n) is 4.42. The summed E-state index contributed by atoms with van der Waals surface area (Å²) in [6.45, 7) is 0.782. The Morgan fingerprint density at radius 1 is 1.20 bits per heavy atom. The van der Waals surface area contributed by atoms with Crippen LogP contribution in [0.3, 0.4) is 0 Å². The van der Waals surface area contributed by atoms with E-state index in [2.05, 4.69) is 6.07 Å². The van der Waals surface area contributed by atoms with Crippen LogP contribution >= 0.6 is 22.9 Å². The van der Waals surface area contributed by atoms with E-state index in [4.69, 9.17) is 16.6 Å². The minimum absolute atomic E-state index is 0.0386. The summed E-state index contributed by atoms with van der Waals surface area (Å²) < 4.78 is 1.17. The molecule has 0 spiro atoms. The smallest absolute Gasteiger partial charge is 0.247 e. The molecule has 4 rings (SSSR count). The topological polar surface area (TPSA) is 33.2 Å². The number of para-hydroxylation sites is 1. The van der Waals surface area contributed by atoms with Crippen molar-refractivity contribution in [3.8, 4) is 0 Å². The first-order chi connectivity index (χ1) is 12.2. The van der Waals surface area contributed by atoms with Crippen LogP contribution in [0.25, 0.3) is 16.3 Å². The lowest BCUT2D eigenvalue weighted by Crippen LogP contribution is -2.28. The molecule has 2 heterocycles. The Balaban J connectivity index is 1.54. The average molecular weight is 369 g/mol. The Morgan fingerprint density at radius 2 is 2.00 bits per heavy atom. The van der Waals surface area contributed by atoms with E-state index in [9.17, 15) is 4.79 Å². The zero-order valence-electron chi connectivity index (χ0n) is 13.6. The maximum absolute atomic E-state index is 12.7. The lowest BCUT2D eigenvalue weighted by molar-refractivity contribution is -0.126. The van der Waals surface area contributed by atoms with Gasteiger partial charge in [0.05, 0.1) is 16.3 Å². The van der Waals surface area contributed by atoms with Gasteiger partial charge in [-0.2, -0.15) is 0 Å². The number of likely N-dealkylation sites (tertiary alicyclic amines) is 1. The molecular weight excluding hydrogens is 352 g/mol. The van der Waals surface area contributed by atoms with Gasteiger partial charge in [0.1, 0.15) is 5.01 Å². The third-order valence-corrected chi connectivity index (χ3v) is 5.81. The molecular formula is C20H17ClN2OS. The van der Waals surface area contributed by atoms with E-state index in [1.165, 1.54) is 4.70 Å². The van der Waals surface area contributed by atoms with Crippen molar-refractivity contribution in [3.63, 3.8) is 0 Å². The van der Waals surface area contributed by atoms with E-state index < -0.39 is 0 Å². The first kappa shape index (κ1) is 16.3. The third kappa shape index (κ3) is 3.46. The van der Waals surface area contributed by atoms with Gasteiger partial charge in [-0.25, -0.2) is 4.98 Å². The van der Waals surface area contributed by atoms with Crippen molar-refractivity contribution >= 4 is 45.1 Å². The summed E-state index contributed by atoms with van der Waals surface area (Å²) in [5.74, 6) is 0.0386. The van der Waals surface area contributed by atoms with Crippen molar-refractivity contribution in [2.75, 3.05) is 6.54 Å². The van der Waals surface area contributed by atoms with Crippen LogP contribution in [0.1, 0.15) is 29.5 Å². The van der Waals surface area contributed by atoms with Gasteiger partial charge in [0.15, 0.2) is 0 Å². The number of aromatic nitrogens is 1.